The lowest BCUT2D eigenvalue weighted by molar-refractivity contribution is -0.122. The van der Waals surface area contributed by atoms with Crippen LogP contribution in [0.1, 0.15) is 5.56 Å². The zero-order valence-corrected chi connectivity index (χ0v) is 15.9. The molecular formula is C20H15ClN2O3S. The minimum absolute atomic E-state index is 0.0108. The number of rotatable bonds is 4. The van der Waals surface area contributed by atoms with Gasteiger partial charge in [0.2, 0.25) is 0 Å². The molecule has 1 saturated heterocycles. The van der Waals surface area contributed by atoms with Gasteiger partial charge in [0.1, 0.15) is 11.3 Å². The van der Waals surface area contributed by atoms with Gasteiger partial charge in [-0.05, 0) is 60.3 Å². The number of methoxy groups -OCH3 is 1. The molecule has 0 atom stereocenters. The largest absolute Gasteiger partial charge is 0.497 e. The Kier molecular flexibility index (Phi) is 5.69. The van der Waals surface area contributed by atoms with Crippen molar-refractivity contribution in [2.75, 3.05) is 12.0 Å². The Morgan fingerprint density at radius 2 is 1.74 bits per heavy atom. The zero-order valence-electron chi connectivity index (χ0n) is 14.3. The number of amides is 2. The lowest BCUT2D eigenvalue weighted by Gasteiger charge is -2.28. The highest BCUT2D eigenvalue weighted by Gasteiger charge is 2.33. The summed E-state index contributed by atoms with van der Waals surface area (Å²) >= 11 is 11.0. The summed E-state index contributed by atoms with van der Waals surface area (Å²) in [5, 5.41) is 3.10. The zero-order chi connectivity index (χ0) is 19.4. The fourth-order valence-electron chi connectivity index (χ4n) is 2.47. The topological polar surface area (TPSA) is 58.6 Å². The van der Waals surface area contributed by atoms with E-state index in [4.69, 9.17) is 28.6 Å². The van der Waals surface area contributed by atoms with E-state index in [2.05, 4.69) is 5.32 Å². The number of halogens is 1. The third kappa shape index (κ3) is 4.24. The molecule has 7 heteroatoms. The van der Waals surface area contributed by atoms with Crippen LogP contribution in [0, 0.1) is 0 Å². The molecule has 1 N–H and O–H groups in total. The Morgan fingerprint density at radius 3 is 2.37 bits per heavy atom. The smallest absolute Gasteiger partial charge is 0.270 e. The van der Waals surface area contributed by atoms with Crippen molar-refractivity contribution in [3.05, 3.63) is 76.8 Å². The number of benzene rings is 2. The predicted octanol–water partition coefficient (Wildman–Crippen LogP) is 3.74. The summed E-state index contributed by atoms with van der Waals surface area (Å²) in [4.78, 5) is 26.2. The molecule has 1 fully saturated rings. The van der Waals surface area contributed by atoms with Crippen molar-refractivity contribution >= 4 is 52.5 Å². The third-order valence-electron chi connectivity index (χ3n) is 3.85. The Bertz CT molecular complexity index is 950. The Labute approximate surface area is 166 Å². The first-order chi connectivity index (χ1) is 13.0. The summed E-state index contributed by atoms with van der Waals surface area (Å²) in [6.45, 7) is 0. The summed E-state index contributed by atoms with van der Waals surface area (Å²) in [5.41, 5.74) is 1.42. The highest BCUT2D eigenvalue weighted by Crippen LogP contribution is 2.22. The molecule has 0 radical (unpaired) electrons. The first-order valence-corrected chi connectivity index (χ1v) is 8.76. The predicted molar refractivity (Wildman–Crippen MR) is 110 cm³/mol. The molecule has 0 aromatic heterocycles. The van der Waals surface area contributed by atoms with Gasteiger partial charge in [0.05, 0.1) is 12.8 Å². The molecule has 1 heterocycles. The normalized spacial score (nSPS) is 16.1. The second-order valence-electron chi connectivity index (χ2n) is 5.59. The van der Waals surface area contributed by atoms with Crippen LogP contribution in [0.3, 0.4) is 0 Å². The van der Waals surface area contributed by atoms with E-state index in [1.165, 1.54) is 11.0 Å². The molecule has 5 nitrogen and oxygen atoms in total. The van der Waals surface area contributed by atoms with Crippen molar-refractivity contribution in [3.8, 4) is 5.75 Å². The average molecular weight is 399 g/mol. The first-order valence-electron chi connectivity index (χ1n) is 7.97. The maximum Gasteiger partial charge on any atom is 0.270 e. The average Bonchev–Trinajstić information content (AvgIpc) is 2.66. The number of ether oxygens (including phenoxy) is 1. The van der Waals surface area contributed by atoms with Crippen LogP contribution in [0.4, 0.5) is 5.69 Å². The molecule has 2 aromatic rings. The Morgan fingerprint density at radius 1 is 1.07 bits per heavy atom. The van der Waals surface area contributed by atoms with E-state index in [1.54, 1.807) is 43.5 Å². The van der Waals surface area contributed by atoms with Crippen molar-refractivity contribution < 1.29 is 14.3 Å². The quantitative estimate of drug-likeness (QED) is 0.484. The van der Waals surface area contributed by atoms with Gasteiger partial charge in [-0.2, -0.15) is 0 Å². The molecule has 0 aliphatic carbocycles. The maximum absolute atomic E-state index is 12.8. The van der Waals surface area contributed by atoms with Gasteiger partial charge >= 0.3 is 0 Å². The standard InChI is InChI=1S/C20H15ClN2O3S/c1-26-16-11-5-13(6-12-16)3-2-4-17-18(24)22-20(27)23(19(17)25)15-9-7-14(21)8-10-15/h2-12H,1H3,(H,22,24,27)/b3-2-,17-4-. The van der Waals surface area contributed by atoms with Gasteiger partial charge < -0.3 is 4.74 Å². The fraction of sp³-hybridized carbons (Fsp3) is 0.0500. The molecular weight excluding hydrogens is 384 g/mol. The Balaban J connectivity index is 1.84. The number of nitrogens with zero attached hydrogens (tertiary/aromatic N) is 1. The third-order valence-corrected chi connectivity index (χ3v) is 4.39. The van der Waals surface area contributed by atoms with Crippen molar-refractivity contribution in [2.24, 2.45) is 0 Å². The molecule has 0 bridgehead atoms. The van der Waals surface area contributed by atoms with Gasteiger partial charge in [0, 0.05) is 5.02 Å². The highest BCUT2D eigenvalue weighted by molar-refractivity contribution is 7.80. The van der Waals surface area contributed by atoms with E-state index in [0.717, 1.165) is 11.3 Å². The number of carbonyl (C=O) groups is 2. The van der Waals surface area contributed by atoms with Crippen LogP contribution in [-0.4, -0.2) is 24.0 Å². The molecule has 136 valence electrons. The number of thiocarbonyl (C=S) groups is 1. The van der Waals surface area contributed by atoms with Gasteiger partial charge in [-0.15, -0.1) is 0 Å². The molecule has 1 aliphatic heterocycles. The second kappa shape index (κ2) is 8.16. The van der Waals surface area contributed by atoms with Gasteiger partial charge in [-0.3, -0.25) is 19.8 Å². The number of carbonyl (C=O) groups excluding carboxylic acids is 2. The fourth-order valence-corrected chi connectivity index (χ4v) is 2.88. The molecule has 0 saturated carbocycles. The van der Waals surface area contributed by atoms with Crippen LogP contribution in [0.2, 0.25) is 5.02 Å². The SMILES string of the molecule is COc1ccc(/C=C\C=C2\C(=O)NC(=S)N(c3ccc(Cl)cc3)C2=O)cc1. The lowest BCUT2D eigenvalue weighted by atomic mass is 10.1. The summed E-state index contributed by atoms with van der Waals surface area (Å²) in [7, 11) is 1.60. The molecule has 2 aromatic carbocycles. The van der Waals surface area contributed by atoms with Gasteiger partial charge in [0.15, 0.2) is 5.11 Å². The van der Waals surface area contributed by atoms with Crippen molar-refractivity contribution in [1.29, 1.82) is 0 Å². The number of hydrogen-bond donors (Lipinski definition) is 1. The summed E-state index contributed by atoms with van der Waals surface area (Å²) in [6.07, 6.45) is 4.89. The molecule has 0 spiro atoms. The minimum atomic E-state index is -0.533. The minimum Gasteiger partial charge on any atom is -0.497 e. The number of anilines is 1. The summed E-state index contributed by atoms with van der Waals surface area (Å²) in [6, 6.07) is 14.0. The number of allylic oxidation sites excluding steroid dienone is 2. The van der Waals surface area contributed by atoms with E-state index < -0.39 is 11.8 Å². The van der Waals surface area contributed by atoms with E-state index in [1.807, 2.05) is 24.3 Å². The van der Waals surface area contributed by atoms with Gasteiger partial charge in [-0.25, -0.2) is 0 Å². The first kappa shape index (κ1) is 18.8. The molecule has 3 rings (SSSR count). The van der Waals surface area contributed by atoms with E-state index in [9.17, 15) is 9.59 Å². The van der Waals surface area contributed by atoms with Crippen LogP contribution in [0.15, 0.2) is 66.3 Å². The second-order valence-corrected chi connectivity index (χ2v) is 6.41. The van der Waals surface area contributed by atoms with Crippen LogP contribution >= 0.6 is 23.8 Å². The highest BCUT2D eigenvalue weighted by atomic mass is 35.5. The van der Waals surface area contributed by atoms with Gasteiger partial charge in [0.25, 0.3) is 11.8 Å². The maximum atomic E-state index is 12.8. The molecule has 2 amide bonds. The summed E-state index contributed by atoms with van der Waals surface area (Å²) < 4.78 is 5.11. The van der Waals surface area contributed by atoms with E-state index in [-0.39, 0.29) is 10.7 Å². The van der Waals surface area contributed by atoms with Crippen molar-refractivity contribution in [2.45, 2.75) is 0 Å². The Hall–Kier alpha value is -2.96. The summed E-state index contributed by atoms with van der Waals surface area (Å²) in [5.74, 6) is -0.278. The number of nitrogens with one attached hydrogen (secondary N) is 1. The van der Waals surface area contributed by atoms with Crippen molar-refractivity contribution in [1.82, 2.24) is 5.32 Å². The van der Waals surface area contributed by atoms with Crippen LogP contribution in [0.5, 0.6) is 5.75 Å². The molecule has 27 heavy (non-hydrogen) atoms. The van der Waals surface area contributed by atoms with Gasteiger partial charge in [-0.1, -0.05) is 35.9 Å². The van der Waals surface area contributed by atoms with E-state index >= 15 is 0 Å². The monoisotopic (exact) mass is 398 g/mol. The molecule has 0 unspecified atom stereocenters. The van der Waals surface area contributed by atoms with Crippen LogP contribution in [0.25, 0.3) is 6.08 Å². The van der Waals surface area contributed by atoms with Crippen molar-refractivity contribution in [3.63, 3.8) is 0 Å². The van der Waals surface area contributed by atoms with Crippen LogP contribution in [-0.2, 0) is 9.59 Å². The van der Waals surface area contributed by atoms with Crippen LogP contribution < -0.4 is 15.0 Å². The number of hydrogen-bond acceptors (Lipinski definition) is 4. The lowest BCUT2D eigenvalue weighted by Crippen LogP contribution is -2.54. The molecule has 1 aliphatic rings. The van der Waals surface area contributed by atoms with E-state index in [0.29, 0.717) is 10.7 Å².